The third-order valence-electron chi connectivity index (χ3n) is 19.1. The summed E-state index contributed by atoms with van der Waals surface area (Å²) in [7, 11) is 0. The van der Waals surface area contributed by atoms with E-state index in [1.807, 2.05) is 27.7 Å². The standard InChI is InChI=1S/C21H25ClFN3O3.C18H24ClN3O5.C18H25N3O5.C14H20ClN3O3.C14H21N3O3.C4H6O3.C2H6O.CH4/c1-2-28-20-10-19(24)18(22)9-17(20)21(27)25-11-16-13-26(7-8-29-16)12-14-3-5-15(23)6-4-14;1-4-26-17-8-16(21-11(2)23)15(19)7-14(17)18(25)20-9-13-10-22(12(3)24)5-6-27-13;1-4-25-17-9-14(20-12(2)22)5-6-16(17)18(24)19-10-15-11-21(13(3)23)7-8-26-15;1-2-20-13-6-12(16)11(15)5-10(13)14(19)18-8-9-7-17-3-4-21-9;1-2-19-13-7-10(15)3-4-12(13)14(18)17-9-11-8-16-5-6-20-11;1-3(5)7-4(2)6;1-2-3;/h3-6,9-10,16H,2,7-8,11-13,24H2,1H3,(H,25,27);7-8,13H,4-6,9-10H2,1-3H3,(H,20,25)(H,21,23);5-6,9,15H,4,7-8,10-11H2,1-3H3,(H,19,24)(H,20,22);5-6,9,17H,2-4,7-8,16H2,1H3,(H,18,19);3-4,7,11,16H,2,5-6,8-9,15H2,1H3,(H,17,18);1-2H3;3H,2H2,1H3;1H4. The number of amides is 9. The van der Waals surface area contributed by atoms with Crippen LogP contribution in [0.25, 0.3) is 0 Å². The van der Waals surface area contributed by atoms with E-state index in [0.717, 1.165) is 38.3 Å². The number of nitrogens with zero attached hydrogens (tertiary/aromatic N) is 3. The molecule has 5 fully saturated rings. The Labute approximate surface area is 796 Å². The van der Waals surface area contributed by atoms with Crippen molar-refractivity contribution in [2.24, 2.45) is 0 Å². The maximum atomic E-state index is 13.1. The zero-order valence-electron chi connectivity index (χ0n) is 77.2. The Hall–Kier alpha value is -11.5. The minimum atomic E-state index is -0.562. The fraction of sp³-hybridized carbons (Fsp3) is 0.489. The molecule has 134 heavy (non-hydrogen) atoms. The molecule has 5 unspecified atom stereocenters. The van der Waals surface area contributed by atoms with Crippen LogP contribution in [-0.4, -0.2) is 286 Å². The monoisotopic (exact) mass is 1940 g/mol. The number of nitrogens with one attached hydrogen (secondary N) is 9. The van der Waals surface area contributed by atoms with E-state index in [-0.39, 0.29) is 121 Å². The van der Waals surface area contributed by atoms with Crippen LogP contribution in [-0.2, 0) is 63.7 Å². The first-order chi connectivity index (χ1) is 63.5. The van der Waals surface area contributed by atoms with Gasteiger partial charge in [-0.3, -0.25) is 57.6 Å². The van der Waals surface area contributed by atoms with E-state index in [1.54, 1.807) is 84.3 Å². The maximum absolute atomic E-state index is 13.1. The molecular formula is C92H131Cl3FN15O23. The van der Waals surface area contributed by atoms with Crippen LogP contribution in [0.4, 0.5) is 32.8 Å². The molecule has 0 spiro atoms. The Bertz CT molecular complexity index is 4760. The number of hydrogen-bond acceptors (Lipinski definition) is 29. The molecule has 0 saturated carbocycles. The first kappa shape index (κ1) is 115. The van der Waals surface area contributed by atoms with Crippen molar-refractivity contribution in [1.29, 1.82) is 0 Å². The maximum Gasteiger partial charge on any atom is 0.310 e. The molecule has 5 heterocycles. The zero-order valence-corrected chi connectivity index (χ0v) is 79.5. The third kappa shape index (κ3) is 42.0. The van der Waals surface area contributed by atoms with E-state index in [9.17, 15) is 57.1 Å². The van der Waals surface area contributed by atoms with Crippen molar-refractivity contribution in [2.45, 2.75) is 128 Å². The molecule has 0 radical (unpaired) electrons. The minimum Gasteiger partial charge on any atom is -0.493 e. The number of ether oxygens (including phenoxy) is 11. The summed E-state index contributed by atoms with van der Waals surface area (Å²) in [6.07, 6.45) is -0.686. The number of carbonyl (C=O) groups excluding carboxylic acids is 11. The predicted molar refractivity (Wildman–Crippen MR) is 509 cm³/mol. The number of rotatable bonds is 29. The van der Waals surface area contributed by atoms with E-state index in [2.05, 4.69) is 57.5 Å². The van der Waals surface area contributed by atoms with Crippen LogP contribution in [0.15, 0.2) is 97.1 Å². The van der Waals surface area contributed by atoms with E-state index >= 15 is 0 Å². The van der Waals surface area contributed by atoms with Gasteiger partial charge >= 0.3 is 11.9 Å². The summed E-state index contributed by atoms with van der Waals surface area (Å²) in [4.78, 5) is 133. The van der Waals surface area contributed by atoms with Gasteiger partial charge in [-0.2, -0.15) is 0 Å². The smallest absolute Gasteiger partial charge is 0.310 e. The lowest BCUT2D eigenvalue weighted by molar-refractivity contribution is -0.156. The molecule has 0 aliphatic carbocycles. The normalized spacial score (nSPS) is 16.5. The molecule has 42 heteroatoms. The SMILES string of the molecule is C.CC(=O)OC(C)=O.CCO.CCOc1cc(N)c(Cl)cc1C(=O)NCC1CN(Cc2ccc(F)cc2)CCO1.CCOc1cc(N)c(Cl)cc1C(=O)NCC1CNCCO1.CCOc1cc(N)ccc1C(=O)NCC1CNCCO1.CCOc1cc(NC(C)=O)c(Cl)cc1C(=O)NCC1CN(C(C)=O)CCO1.CCOc1cc(NC(C)=O)ccc1C(=O)NCC1CN(C(C)=O)CCO1. The number of nitrogen functional groups attached to an aromatic ring is 3. The molecule has 16 N–H and O–H groups in total. The lowest BCUT2D eigenvalue weighted by Crippen LogP contribution is -2.49. The van der Waals surface area contributed by atoms with Crippen molar-refractivity contribution in [3.8, 4) is 28.7 Å². The fourth-order valence-electron chi connectivity index (χ4n) is 13.0. The first-order valence-electron chi connectivity index (χ1n) is 43.5. The summed E-state index contributed by atoms with van der Waals surface area (Å²) in [6, 6.07) is 25.5. The number of morpholine rings is 5. The summed E-state index contributed by atoms with van der Waals surface area (Å²) >= 11 is 18.2. The third-order valence-corrected chi connectivity index (χ3v) is 20.0. The highest BCUT2D eigenvalue weighted by atomic mass is 35.5. The van der Waals surface area contributed by atoms with Gasteiger partial charge in [-0.25, -0.2) is 4.39 Å². The van der Waals surface area contributed by atoms with Crippen LogP contribution < -0.4 is 88.7 Å². The number of nitrogens with two attached hydrogens (primary N) is 3. The van der Waals surface area contributed by atoms with Crippen LogP contribution in [0.3, 0.4) is 0 Å². The molecule has 6 aromatic carbocycles. The molecular weight excluding hydrogens is 1810 g/mol. The first-order valence-corrected chi connectivity index (χ1v) is 44.6. The van der Waals surface area contributed by atoms with Gasteiger partial charge in [0.25, 0.3) is 29.5 Å². The van der Waals surface area contributed by atoms with Gasteiger partial charge in [0.15, 0.2) is 0 Å². The number of esters is 2. The van der Waals surface area contributed by atoms with Crippen molar-refractivity contribution in [3.63, 3.8) is 0 Å². The number of anilines is 5. The number of halogens is 4. The number of hydrogen-bond donors (Lipinski definition) is 13. The Morgan fingerprint density at radius 2 is 0.784 bits per heavy atom. The van der Waals surface area contributed by atoms with Crippen LogP contribution in [0.1, 0.15) is 148 Å². The van der Waals surface area contributed by atoms with Gasteiger partial charge < -0.3 is 132 Å². The van der Waals surface area contributed by atoms with Gasteiger partial charge in [-0.15, -0.1) is 0 Å². The molecule has 740 valence electrons. The molecule has 0 aromatic heterocycles. The van der Waals surface area contributed by atoms with Crippen LogP contribution in [0.5, 0.6) is 28.7 Å². The molecule has 5 saturated heterocycles. The number of carbonyl (C=O) groups is 11. The van der Waals surface area contributed by atoms with E-state index < -0.39 is 11.9 Å². The average molecular weight is 1940 g/mol. The molecule has 6 aromatic rings. The lowest BCUT2D eigenvalue weighted by atomic mass is 10.1. The van der Waals surface area contributed by atoms with E-state index in [0.29, 0.717) is 221 Å². The van der Waals surface area contributed by atoms with Crippen LogP contribution in [0.2, 0.25) is 15.1 Å². The lowest BCUT2D eigenvalue weighted by Gasteiger charge is -2.33. The van der Waals surface area contributed by atoms with Gasteiger partial charge in [0, 0.05) is 195 Å². The largest absolute Gasteiger partial charge is 0.493 e. The molecule has 5 atom stereocenters. The van der Waals surface area contributed by atoms with Gasteiger partial charge in [0.1, 0.15) is 34.6 Å². The quantitative estimate of drug-likeness (QED) is 0.0120. The fourth-order valence-corrected chi connectivity index (χ4v) is 13.5. The van der Waals surface area contributed by atoms with Crippen LogP contribution in [0, 0.1) is 5.82 Å². The van der Waals surface area contributed by atoms with Gasteiger partial charge in [0.2, 0.25) is 23.6 Å². The molecule has 5 aliphatic heterocycles. The molecule has 11 rings (SSSR count). The number of benzene rings is 6. The van der Waals surface area contributed by atoms with Crippen molar-refractivity contribution in [2.75, 3.05) is 199 Å². The van der Waals surface area contributed by atoms with Crippen molar-refractivity contribution in [3.05, 3.63) is 151 Å². The summed E-state index contributed by atoms with van der Waals surface area (Å²) in [6.45, 7) is 33.2. The van der Waals surface area contributed by atoms with Crippen molar-refractivity contribution in [1.82, 2.24) is 51.9 Å². The predicted octanol–water partition coefficient (Wildman–Crippen LogP) is 7.94. The molecule has 9 amide bonds. The second-order valence-electron chi connectivity index (χ2n) is 29.7. The highest BCUT2D eigenvalue weighted by Crippen LogP contribution is 2.34. The Kier molecular flexibility index (Phi) is 53.3. The van der Waals surface area contributed by atoms with Gasteiger partial charge in [0.05, 0.1) is 157 Å². The van der Waals surface area contributed by atoms with E-state index in [1.165, 1.54) is 77.9 Å². The second-order valence-corrected chi connectivity index (χ2v) is 30.9. The van der Waals surface area contributed by atoms with Crippen molar-refractivity contribution < 1.29 is 114 Å². The Morgan fingerprint density at radius 1 is 0.433 bits per heavy atom. The van der Waals surface area contributed by atoms with Gasteiger partial charge in [-0.1, -0.05) is 54.4 Å². The van der Waals surface area contributed by atoms with Gasteiger partial charge in [-0.05, 0) is 102 Å². The highest BCUT2D eigenvalue weighted by Gasteiger charge is 2.29. The summed E-state index contributed by atoms with van der Waals surface area (Å²) in [5.74, 6) is -1.23. The Balaban J connectivity index is 0.000000342. The highest BCUT2D eigenvalue weighted by molar-refractivity contribution is 6.35. The molecule has 0 bridgehead atoms. The number of aliphatic hydroxyl groups excluding tert-OH is 1. The second kappa shape index (κ2) is 62.2. The van der Waals surface area contributed by atoms with Crippen molar-refractivity contribution >= 4 is 128 Å². The topological polar surface area (TPSA) is 506 Å². The number of aliphatic hydroxyl groups is 1. The van der Waals surface area contributed by atoms with E-state index in [4.69, 9.17) is 104 Å². The Morgan fingerprint density at radius 3 is 1.16 bits per heavy atom. The summed E-state index contributed by atoms with van der Waals surface area (Å²) < 4.78 is 72.5. The minimum absolute atomic E-state index is 0. The summed E-state index contributed by atoms with van der Waals surface area (Å²) in [5.41, 5.74) is 22.4. The van der Waals surface area contributed by atoms with Crippen LogP contribution >= 0.6 is 34.8 Å². The zero-order chi connectivity index (χ0) is 98.1. The molecule has 38 nitrogen and oxygen atoms in total. The molecule has 5 aliphatic rings. The average Bonchev–Trinajstić information content (AvgIpc) is 0.824. The summed E-state index contributed by atoms with van der Waals surface area (Å²) in [5, 5.41) is 34.3.